The van der Waals surface area contributed by atoms with Crippen molar-refractivity contribution in [1.82, 2.24) is 4.90 Å². The molecule has 0 heterocycles. The summed E-state index contributed by atoms with van der Waals surface area (Å²) in [7, 11) is 1.82. The first-order valence-corrected chi connectivity index (χ1v) is 7.35. The molecule has 1 saturated carbocycles. The number of hydrogen-bond acceptors (Lipinski definition) is 2. The Labute approximate surface area is 125 Å². The van der Waals surface area contributed by atoms with E-state index >= 15 is 0 Å². The Kier molecular flexibility index (Phi) is 4.01. The smallest absolute Gasteiger partial charge is 0.410 e. The van der Waals surface area contributed by atoms with Gasteiger partial charge in [0.15, 0.2) is 0 Å². The molecule has 0 unspecified atom stereocenters. The number of hydrogen-bond donors (Lipinski definition) is 0. The molecule has 0 aliphatic heterocycles. The molecule has 0 N–H and O–H groups in total. The van der Waals surface area contributed by atoms with Gasteiger partial charge in [-0.3, -0.25) is 0 Å². The van der Waals surface area contributed by atoms with E-state index in [-0.39, 0.29) is 11.6 Å². The molecule has 0 aromatic heterocycles. The number of carbonyl (C=O) groups is 1. The second kappa shape index (κ2) is 5.28. The minimum Gasteiger partial charge on any atom is -0.444 e. The monoisotopic (exact) mass is 295 g/mol. The Hall–Kier alpha value is -1.22. The highest BCUT2D eigenvalue weighted by molar-refractivity contribution is 6.30. The summed E-state index contributed by atoms with van der Waals surface area (Å²) in [6, 6.07) is 7.75. The molecule has 3 nitrogen and oxygen atoms in total. The lowest BCUT2D eigenvalue weighted by molar-refractivity contribution is -0.0183. The average molecular weight is 296 g/mol. The van der Waals surface area contributed by atoms with Gasteiger partial charge < -0.3 is 9.64 Å². The van der Waals surface area contributed by atoms with Gasteiger partial charge in [-0.25, -0.2) is 4.79 Å². The highest BCUT2D eigenvalue weighted by Gasteiger charge is 2.45. The van der Waals surface area contributed by atoms with E-state index in [4.69, 9.17) is 16.3 Å². The van der Waals surface area contributed by atoms with Gasteiger partial charge in [0, 0.05) is 12.1 Å². The van der Waals surface area contributed by atoms with Gasteiger partial charge in [-0.15, -0.1) is 0 Å². The maximum atomic E-state index is 12.3. The number of carbonyl (C=O) groups excluding carboxylic acids is 1. The van der Waals surface area contributed by atoms with Crippen molar-refractivity contribution in [1.29, 1.82) is 0 Å². The van der Waals surface area contributed by atoms with Gasteiger partial charge in [-0.1, -0.05) is 23.7 Å². The molecule has 1 fully saturated rings. The lowest BCUT2D eigenvalue weighted by Gasteiger charge is -2.49. The van der Waals surface area contributed by atoms with Gasteiger partial charge in [-0.2, -0.15) is 0 Å². The van der Waals surface area contributed by atoms with Crippen molar-refractivity contribution in [3.63, 3.8) is 0 Å². The van der Waals surface area contributed by atoms with Crippen LogP contribution in [0.3, 0.4) is 0 Å². The third kappa shape index (κ3) is 2.93. The zero-order chi connectivity index (χ0) is 15.0. The Morgan fingerprint density at radius 2 is 1.80 bits per heavy atom. The van der Waals surface area contributed by atoms with Crippen LogP contribution in [0.1, 0.15) is 45.6 Å². The van der Waals surface area contributed by atoms with Gasteiger partial charge in [0.1, 0.15) is 5.60 Å². The summed E-state index contributed by atoms with van der Waals surface area (Å²) < 4.78 is 5.49. The molecule has 0 saturated heterocycles. The zero-order valence-corrected chi connectivity index (χ0v) is 13.3. The fraction of sp³-hybridized carbons (Fsp3) is 0.562. The van der Waals surface area contributed by atoms with Crippen molar-refractivity contribution in [2.75, 3.05) is 7.05 Å². The fourth-order valence-electron chi connectivity index (χ4n) is 2.59. The highest BCUT2D eigenvalue weighted by Crippen LogP contribution is 2.46. The lowest BCUT2D eigenvalue weighted by Crippen LogP contribution is -2.53. The van der Waals surface area contributed by atoms with Crippen molar-refractivity contribution >= 4 is 17.7 Å². The zero-order valence-electron chi connectivity index (χ0n) is 12.6. The predicted octanol–water partition coefficient (Wildman–Crippen LogP) is 4.59. The maximum Gasteiger partial charge on any atom is 0.410 e. The third-order valence-electron chi connectivity index (χ3n) is 3.87. The summed E-state index contributed by atoms with van der Waals surface area (Å²) >= 11 is 5.95. The minimum atomic E-state index is -0.476. The average Bonchev–Trinajstić information content (AvgIpc) is 2.27. The van der Waals surface area contributed by atoms with E-state index in [0.717, 1.165) is 24.8 Å². The van der Waals surface area contributed by atoms with Crippen molar-refractivity contribution < 1.29 is 9.53 Å². The van der Waals surface area contributed by atoms with E-state index in [1.54, 1.807) is 4.90 Å². The minimum absolute atomic E-state index is 0.243. The van der Waals surface area contributed by atoms with E-state index in [9.17, 15) is 4.79 Å². The summed E-state index contributed by atoms with van der Waals surface area (Å²) in [6.07, 6.45) is 2.77. The third-order valence-corrected chi connectivity index (χ3v) is 4.12. The molecule has 4 heteroatoms. The number of nitrogens with zero attached hydrogens (tertiary/aromatic N) is 1. The van der Waals surface area contributed by atoms with E-state index in [0.29, 0.717) is 5.02 Å². The van der Waals surface area contributed by atoms with Gasteiger partial charge >= 0.3 is 6.09 Å². The second-order valence-corrected chi connectivity index (χ2v) is 6.87. The van der Waals surface area contributed by atoms with Gasteiger partial charge in [-0.05, 0) is 57.7 Å². The molecule has 0 radical (unpaired) electrons. The molecular weight excluding hydrogens is 274 g/mol. The molecule has 110 valence electrons. The standard InChI is InChI=1S/C16H22ClNO2/c1-15(2,3)20-14(19)18(4)16(10-5-11-16)12-6-8-13(17)9-7-12/h6-9H,5,10-11H2,1-4H3. The fourth-order valence-corrected chi connectivity index (χ4v) is 2.72. The van der Waals surface area contributed by atoms with Crippen molar-refractivity contribution in [2.24, 2.45) is 0 Å². The van der Waals surface area contributed by atoms with Crippen LogP contribution < -0.4 is 0 Å². The van der Waals surface area contributed by atoms with Crippen LogP contribution in [0.4, 0.5) is 4.79 Å². The van der Waals surface area contributed by atoms with E-state index < -0.39 is 5.60 Å². The first-order chi connectivity index (χ1) is 9.24. The van der Waals surface area contributed by atoms with Crippen molar-refractivity contribution in [2.45, 2.75) is 51.2 Å². The topological polar surface area (TPSA) is 29.5 Å². The summed E-state index contributed by atoms with van der Waals surface area (Å²) in [4.78, 5) is 14.1. The van der Waals surface area contributed by atoms with Gasteiger partial charge in [0.25, 0.3) is 0 Å². The Bertz CT molecular complexity index is 486. The molecule has 1 amide bonds. The van der Waals surface area contributed by atoms with Crippen LogP contribution in [-0.4, -0.2) is 23.6 Å². The Morgan fingerprint density at radius 1 is 1.25 bits per heavy atom. The Morgan fingerprint density at radius 3 is 2.20 bits per heavy atom. The number of rotatable bonds is 2. The molecule has 0 spiro atoms. The van der Waals surface area contributed by atoms with E-state index in [1.807, 2.05) is 52.1 Å². The van der Waals surface area contributed by atoms with Crippen LogP contribution in [-0.2, 0) is 10.3 Å². The maximum absolute atomic E-state index is 12.3. The number of amides is 1. The van der Waals surface area contributed by atoms with E-state index in [2.05, 4.69) is 0 Å². The highest BCUT2D eigenvalue weighted by atomic mass is 35.5. The van der Waals surface area contributed by atoms with Gasteiger partial charge in [0.2, 0.25) is 0 Å². The van der Waals surface area contributed by atoms with E-state index in [1.165, 1.54) is 0 Å². The molecule has 1 aliphatic rings. The molecule has 0 bridgehead atoms. The summed E-state index contributed by atoms with van der Waals surface area (Å²) in [5.41, 5.74) is 0.407. The van der Waals surface area contributed by atoms with Crippen LogP contribution in [0.5, 0.6) is 0 Å². The SMILES string of the molecule is CN(C(=O)OC(C)(C)C)C1(c2ccc(Cl)cc2)CCC1. The van der Waals surface area contributed by atoms with Crippen molar-refractivity contribution in [3.05, 3.63) is 34.9 Å². The quantitative estimate of drug-likeness (QED) is 0.799. The van der Waals surface area contributed by atoms with Crippen LogP contribution in [0.15, 0.2) is 24.3 Å². The number of benzene rings is 1. The second-order valence-electron chi connectivity index (χ2n) is 6.43. The van der Waals surface area contributed by atoms with Gasteiger partial charge in [0.05, 0.1) is 5.54 Å². The summed E-state index contributed by atoms with van der Waals surface area (Å²) in [5.74, 6) is 0. The number of halogens is 1. The van der Waals surface area contributed by atoms with Crippen LogP contribution in [0.25, 0.3) is 0 Å². The first kappa shape index (κ1) is 15.2. The summed E-state index contributed by atoms with van der Waals surface area (Å²) in [6.45, 7) is 5.65. The van der Waals surface area contributed by atoms with Crippen LogP contribution in [0, 0.1) is 0 Å². The predicted molar refractivity (Wildman–Crippen MR) is 81.0 cm³/mol. The number of ether oxygens (including phenoxy) is 1. The molecule has 0 atom stereocenters. The molecule has 1 aromatic rings. The summed E-state index contributed by atoms with van der Waals surface area (Å²) in [5, 5.41) is 0.711. The van der Waals surface area contributed by atoms with Crippen molar-refractivity contribution in [3.8, 4) is 0 Å². The molecule has 20 heavy (non-hydrogen) atoms. The molecule has 1 aliphatic carbocycles. The van der Waals surface area contributed by atoms with Crippen LogP contribution in [0.2, 0.25) is 5.02 Å². The largest absolute Gasteiger partial charge is 0.444 e. The van der Waals surface area contributed by atoms with Crippen LogP contribution >= 0.6 is 11.6 Å². The Balaban J connectivity index is 2.22. The lowest BCUT2D eigenvalue weighted by atomic mass is 9.71. The first-order valence-electron chi connectivity index (χ1n) is 6.97. The normalized spacial score (nSPS) is 17.2. The molecule has 2 rings (SSSR count). The molecular formula is C16H22ClNO2. The molecule has 1 aromatic carbocycles.